The molecule has 1 aliphatic heterocycles. The molecule has 1 fully saturated rings. The van der Waals surface area contributed by atoms with Gasteiger partial charge in [0.15, 0.2) is 0 Å². The van der Waals surface area contributed by atoms with Crippen LogP contribution in [0.15, 0.2) is 30.6 Å². The fraction of sp³-hybridized carbons (Fsp3) is 0.526. The molecule has 6 heteroatoms. The van der Waals surface area contributed by atoms with Crippen LogP contribution >= 0.6 is 0 Å². The van der Waals surface area contributed by atoms with Crippen molar-refractivity contribution >= 4 is 5.97 Å². The van der Waals surface area contributed by atoms with E-state index in [4.69, 9.17) is 4.74 Å². The number of benzene rings is 1. The maximum atomic E-state index is 11.3. The van der Waals surface area contributed by atoms with E-state index in [1.54, 1.807) is 6.33 Å². The first kappa shape index (κ1) is 17.6. The predicted molar refractivity (Wildman–Crippen MR) is 94.9 cm³/mol. The molecule has 25 heavy (non-hydrogen) atoms. The van der Waals surface area contributed by atoms with Crippen LogP contribution in [0.25, 0.3) is 0 Å². The van der Waals surface area contributed by atoms with E-state index in [1.807, 2.05) is 16.8 Å². The number of rotatable bonds is 7. The Balaban J connectivity index is 1.50. The third-order valence-corrected chi connectivity index (χ3v) is 4.85. The molecule has 3 rings (SSSR count). The molecule has 1 unspecified atom stereocenters. The number of esters is 1. The Kier molecular flexibility index (Phi) is 5.81. The van der Waals surface area contributed by atoms with E-state index in [1.165, 1.54) is 19.1 Å². The standard InChI is InChI=1S/C19H26N4O2/c1-3-23-18(20-14-21-23)13-22-9-8-17(12-22)10-15-4-6-16(7-5-15)11-19(24)25-2/h4-7,14,17H,3,8-13H2,1-2H3. The van der Waals surface area contributed by atoms with Gasteiger partial charge < -0.3 is 4.74 Å². The lowest BCUT2D eigenvalue weighted by Gasteiger charge is -2.16. The Hall–Kier alpha value is -2.21. The summed E-state index contributed by atoms with van der Waals surface area (Å²) in [5.41, 5.74) is 2.33. The predicted octanol–water partition coefficient (Wildman–Crippen LogP) is 2.08. The van der Waals surface area contributed by atoms with Gasteiger partial charge in [0.2, 0.25) is 0 Å². The second kappa shape index (κ2) is 8.25. The smallest absolute Gasteiger partial charge is 0.309 e. The van der Waals surface area contributed by atoms with Crippen LogP contribution in [0.1, 0.15) is 30.3 Å². The summed E-state index contributed by atoms with van der Waals surface area (Å²) in [4.78, 5) is 18.2. The molecule has 2 heterocycles. The lowest BCUT2D eigenvalue weighted by Crippen LogP contribution is -2.23. The molecule has 1 aromatic carbocycles. The average Bonchev–Trinajstić information content (AvgIpc) is 3.26. The summed E-state index contributed by atoms with van der Waals surface area (Å²) >= 11 is 0. The largest absolute Gasteiger partial charge is 0.469 e. The Bertz CT molecular complexity index is 696. The van der Waals surface area contributed by atoms with E-state index in [-0.39, 0.29) is 5.97 Å². The first-order valence-corrected chi connectivity index (χ1v) is 8.91. The third-order valence-electron chi connectivity index (χ3n) is 4.85. The first-order valence-electron chi connectivity index (χ1n) is 8.91. The topological polar surface area (TPSA) is 60.2 Å². The van der Waals surface area contributed by atoms with Gasteiger partial charge >= 0.3 is 5.97 Å². The van der Waals surface area contributed by atoms with Crippen LogP contribution in [-0.2, 0) is 35.5 Å². The summed E-state index contributed by atoms with van der Waals surface area (Å²) in [6.07, 6.45) is 4.27. The van der Waals surface area contributed by atoms with E-state index in [9.17, 15) is 4.79 Å². The number of methoxy groups -OCH3 is 1. The summed E-state index contributed by atoms with van der Waals surface area (Å²) in [6, 6.07) is 8.33. The van der Waals surface area contributed by atoms with Gasteiger partial charge in [-0.1, -0.05) is 24.3 Å². The molecule has 0 bridgehead atoms. The Labute approximate surface area is 148 Å². The number of likely N-dealkylation sites (tertiary alicyclic amines) is 1. The molecule has 0 aliphatic carbocycles. The molecule has 1 aliphatic rings. The minimum atomic E-state index is -0.195. The molecule has 0 N–H and O–H groups in total. The SMILES string of the molecule is CCn1ncnc1CN1CCC(Cc2ccc(CC(=O)OC)cc2)C1. The molecule has 0 amide bonds. The summed E-state index contributed by atoms with van der Waals surface area (Å²) in [6.45, 7) is 6.05. The highest BCUT2D eigenvalue weighted by Crippen LogP contribution is 2.22. The van der Waals surface area contributed by atoms with Crippen LogP contribution < -0.4 is 0 Å². The van der Waals surface area contributed by atoms with E-state index < -0.39 is 0 Å². The molecule has 134 valence electrons. The van der Waals surface area contributed by atoms with Gasteiger partial charge in [-0.15, -0.1) is 0 Å². The van der Waals surface area contributed by atoms with Crippen molar-refractivity contribution in [2.24, 2.45) is 5.92 Å². The Morgan fingerprint density at radius 3 is 2.76 bits per heavy atom. The molecule has 0 radical (unpaired) electrons. The first-order chi connectivity index (χ1) is 12.2. The number of nitrogens with zero attached hydrogens (tertiary/aromatic N) is 4. The minimum Gasteiger partial charge on any atom is -0.469 e. The van der Waals surface area contributed by atoms with Crippen molar-refractivity contribution in [2.75, 3.05) is 20.2 Å². The molecule has 0 spiro atoms. The monoisotopic (exact) mass is 342 g/mol. The van der Waals surface area contributed by atoms with Gasteiger partial charge in [0.25, 0.3) is 0 Å². The number of hydrogen-bond donors (Lipinski definition) is 0. The fourth-order valence-electron chi connectivity index (χ4n) is 3.46. The highest BCUT2D eigenvalue weighted by Gasteiger charge is 2.23. The fourth-order valence-corrected chi connectivity index (χ4v) is 3.46. The maximum absolute atomic E-state index is 11.3. The van der Waals surface area contributed by atoms with Crippen molar-refractivity contribution in [3.63, 3.8) is 0 Å². The van der Waals surface area contributed by atoms with Crippen LogP contribution in [0.3, 0.4) is 0 Å². The molecule has 2 aromatic rings. The Morgan fingerprint density at radius 2 is 2.04 bits per heavy atom. The summed E-state index contributed by atoms with van der Waals surface area (Å²) < 4.78 is 6.67. The molecular formula is C19H26N4O2. The molecule has 1 atom stereocenters. The van der Waals surface area contributed by atoms with Crippen molar-refractivity contribution in [2.45, 2.75) is 39.3 Å². The summed E-state index contributed by atoms with van der Waals surface area (Å²) in [5, 5.41) is 4.24. The zero-order valence-electron chi connectivity index (χ0n) is 15.0. The summed E-state index contributed by atoms with van der Waals surface area (Å²) in [7, 11) is 1.42. The van der Waals surface area contributed by atoms with E-state index in [2.05, 4.69) is 34.0 Å². The molecule has 0 saturated carbocycles. The zero-order valence-corrected chi connectivity index (χ0v) is 15.0. The molecule has 1 saturated heterocycles. The van der Waals surface area contributed by atoms with Crippen molar-refractivity contribution in [3.8, 4) is 0 Å². The lowest BCUT2D eigenvalue weighted by molar-refractivity contribution is -0.139. The Morgan fingerprint density at radius 1 is 1.28 bits per heavy atom. The van der Waals surface area contributed by atoms with E-state index in [0.717, 1.165) is 44.0 Å². The van der Waals surface area contributed by atoms with Gasteiger partial charge in [0.05, 0.1) is 20.1 Å². The van der Waals surface area contributed by atoms with Gasteiger partial charge in [-0.3, -0.25) is 9.69 Å². The van der Waals surface area contributed by atoms with Crippen molar-refractivity contribution < 1.29 is 9.53 Å². The van der Waals surface area contributed by atoms with Crippen molar-refractivity contribution in [3.05, 3.63) is 47.5 Å². The number of aryl methyl sites for hydroxylation is 1. The van der Waals surface area contributed by atoms with Gasteiger partial charge in [-0.05, 0) is 43.4 Å². The van der Waals surface area contributed by atoms with Crippen molar-refractivity contribution in [1.82, 2.24) is 19.7 Å². The zero-order chi connectivity index (χ0) is 17.6. The molecular weight excluding hydrogens is 316 g/mol. The van der Waals surface area contributed by atoms with E-state index >= 15 is 0 Å². The minimum absolute atomic E-state index is 0.195. The van der Waals surface area contributed by atoms with Crippen LogP contribution in [0.4, 0.5) is 0 Å². The second-order valence-corrected chi connectivity index (χ2v) is 6.66. The van der Waals surface area contributed by atoms with Crippen LogP contribution in [0.2, 0.25) is 0 Å². The van der Waals surface area contributed by atoms with Gasteiger partial charge in [-0.2, -0.15) is 5.10 Å². The number of carbonyl (C=O) groups is 1. The highest BCUT2D eigenvalue weighted by molar-refractivity contribution is 5.72. The average molecular weight is 342 g/mol. The van der Waals surface area contributed by atoms with Gasteiger partial charge in [0.1, 0.15) is 12.2 Å². The highest BCUT2D eigenvalue weighted by atomic mass is 16.5. The van der Waals surface area contributed by atoms with Crippen molar-refractivity contribution in [1.29, 1.82) is 0 Å². The third kappa shape index (κ3) is 4.66. The van der Waals surface area contributed by atoms with Crippen LogP contribution in [0, 0.1) is 5.92 Å². The number of carbonyl (C=O) groups excluding carboxylic acids is 1. The second-order valence-electron chi connectivity index (χ2n) is 6.66. The van der Waals surface area contributed by atoms with E-state index in [0.29, 0.717) is 12.3 Å². The molecule has 6 nitrogen and oxygen atoms in total. The maximum Gasteiger partial charge on any atom is 0.309 e. The van der Waals surface area contributed by atoms with Crippen LogP contribution in [0.5, 0.6) is 0 Å². The molecule has 1 aromatic heterocycles. The quantitative estimate of drug-likeness (QED) is 0.721. The lowest BCUT2D eigenvalue weighted by atomic mass is 9.97. The number of hydrogen-bond acceptors (Lipinski definition) is 5. The van der Waals surface area contributed by atoms with Gasteiger partial charge in [0, 0.05) is 13.1 Å². The van der Waals surface area contributed by atoms with Crippen LogP contribution in [-0.4, -0.2) is 45.8 Å². The summed E-state index contributed by atoms with van der Waals surface area (Å²) in [5.74, 6) is 1.53. The number of aromatic nitrogens is 3. The normalized spacial score (nSPS) is 17.8. The van der Waals surface area contributed by atoms with Gasteiger partial charge in [-0.25, -0.2) is 9.67 Å². The number of ether oxygens (including phenoxy) is 1.